The maximum Gasteiger partial charge on any atom is 0.303 e. The molecule has 0 aromatic carbocycles. The van der Waals surface area contributed by atoms with Gasteiger partial charge in [-0.05, 0) is 31.9 Å². The highest BCUT2D eigenvalue weighted by atomic mass is 35.5. The van der Waals surface area contributed by atoms with Gasteiger partial charge in [-0.1, -0.05) is 23.2 Å². The van der Waals surface area contributed by atoms with Crippen LogP contribution >= 0.6 is 23.2 Å². The molecule has 1 aromatic heterocycles. The Hall–Kier alpha value is -1.00. The molecule has 2 N–H and O–H groups in total. The number of halogens is 2. The number of pyridine rings is 1. The third kappa shape index (κ3) is 4.40. The molecule has 6 heteroatoms. The van der Waals surface area contributed by atoms with Crippen LogP contribution in [-0.2, 0) is 4.79 Å². The minimum Gasteiger partial charge on any atom is -0.481 e. The second-order valence-electron chi connectivity index (χ2n) is 3.91. The Balaban J connectivity index is 2.71. The van der Waals surface area contributed by atoms with E-state index in [1.807, 2.05) is 13.8 Å². The van der Waals surface area contributed by atoms with Gasteiger partial charge in [-0.2, -0.15) is 0 Å². The fourth-order valence-corrected chi connectivity index (χ4v) is 2.01. The van der Waals surface area contributed by atoms with Crippen LogP contribution in [0.3, 0.4) is 0 Å². The van der Waals surface area contributed by atoms with E-state index in [0.717, 1.165) is 5.56 Å². The molecule has 1 heterocycles. The fraction of sp³-hybridized carbons (Fsp3) is 0.455. The van der Waals surface area contributed by atoms with E-state index in [1.165, 1.54) is 0 Å². The second kappa shape index (κ2) is 6.07. The van der Waals surface area contributed by atoms with E-state index in [1.54, 1.807) is 6.07 Å². The summed E-state index contributed by atoms with van der Waals surface area (Å²) in [5, 5.41) is 12.4. The summed E-state index contributed by atoms with van der Waals surface area (Å²) < 4.78 is 0. The van der Waals surface area contributed by atoms with Gasteiger partial charge in [0.2, 0.25) is 0 Å². The average Bonchev–Trinajstić information content (AvgIpc) is 2.20. The van der Waals surface area contributed by atoms with E-state index in [2.05, 4.69) is 10.3 Å². The number of aryl methyl sites for hydroxylation is 1. The van der Waals surface area contributed by atoms with Crippen LogP contribution in [0.5, 0.6) is 0 Å². The predicted octanol–water partition coefficient (Wildman–Crippen LogP) is 3.36. The number of nitrogens with zero attached hydrogens (tertiary/aromatic N) is 1. The van der Waals surface area contributed by atoms with Gasteiger partial charge in [-0.25, -0.2) is 4.98 Å². The molecule has 0 aliphatic carbocycles. The van der Waals surface area contributed by atoms with Crippen molar-refractivity contribution in [3.05, 3.63) is 21.9 Å². The normalized spacial score (nSPS) is 12.2. The lowest BCUT2D eigenvalue weighted by atomic mass is 10.1. The molecule has 1 atom stereocenters. The zero-order chi connectivity index (χ0) is 13.0. The number of hydrogen-bond donors (Lipinski definition) is 2. The Morgan fingerprint density at radius 3 is 2.76 bits per heavy atom. The molecule has 1 rings (SSSR count). The van der Waals surface area contributed by atoms with Gasteiger partial charge in [0.25, 0.3) is 0 Å². The molecule has 1 unspecified atom stereocenters. The Morgan fingerprint density at radius 1 is 1.59 bits per heavy atom. The Morgan fingerprint density at radius 2 is 2.24 bits per heavy atom. The van der Waals surface area contributed by atoms with Crippen molar-refractivity contribution in [1.82, 2.24) is 4.98 Å². The number of carbonyl (C=O) groups is 1. The number of nitrogens with one attached hydrogen (secondary N) is 1. The van der Waals surface area contributed by atoms with Crippen LogP contribution in [0.1, 0.15) is 25.3 Å². The van der Waals surface area contributed by atoms with E-state index < -0.39 is 5.97 Å². The number of aromatic nitrogens is 1. The van der Waals surface area contributed by atoms with E-state index in [9.17, 15) is 4.79 Å². The molecule has 0 saturated heterocycles. The number of carboxylic acids is 1. The molecule has 0 fully saturated rings. The minimum absolute atomic E-state index is 0.00488. The van der Waals surface area contributed by atoms with Crippen molar-refractivity contribution >= 4 is 34.9 Å². The number of aliphatic carboxylic acids is 1. The summed E-state index contributed by atoms with van der Waals surface area (Å²) >= 11 is 11.7. The van der Waals surface area contributed by atoms with Crippen LogP contribution < -0.4 is 5.32 Å². The minimum atomic E-state index is -0.810. The SMILES string of the molecule is Cc1cc(Cl)nc(Cl)c1NC(C)CCC(=O)O. The molecule has 0 radical (unpaired) electrons. The molecule has 0 aliphatic rings. The first kappa shape index (κ1) is 14.1. The first-order valence-corrected chi connectivity index (χ1v) is 5.96. The monoisotopic (exact) mass is 276 g/mol. The Labute approximate surface area is 110 Å². The van der Waals surface area contributed by atoms with Crippen molar-refractivity contribution in [2.75, 3.05) is 5.32 Å². The van der Waals surface area contributed by atoms with E-state index >= 15 is 0 Å². The van der Waals surface area contributed by atoms with Crippen molar-refractivity contribution in [1.29, 1.82) is 0 Å². The molecule has 0 bridgehead atoms. The summed E-state index contributed by atoms with van der Waals surface area (Å²) in [6.45, 7) is 3.76. The first-order chi connectivity index (χ1) is 7.90. The smallest absolute Gasteiger partial charge is 0.303 e. The van der Waals surface area contributed by atoms with Crippen molar-refractivity contribution < 1.29 is 9.90 Å². The maximum atomic E-state index is 10.5. The molecular weight excluding hydrogens is 263 g/mol. The summed E-state index contributed by atoms with van der Waals surface area (Å²) in [5.74, 6) is -0.810. The third-order valence-corrected chi connectivity index (χ3v) is 2.79. The molecule has 4 nitrogen and oxygen atoms in total. The van der Waals surface area contributed by atoms with Gasteiger partial charge in [0.15, 0.2) is 5.15 Å². The quantitative estimate of drug-likeness (QED) is 0.810. The largest absolute Gasteiger partial charge is 0.481 e. The molecule has 0 aliphatic heterocycles. The van der Waals surface area contributed by atoms with Crippen LogP contribution in [0.25, 0.3) is 0 Å². The topological polar surface area (TPSA) is 62.2 Å². The molecule has 94 valence electrons. The summed E-state index contributed by atoms with van der Waals surface area (Å²) in [5.41, 5.74) is 1.59. The van der Waals surface area contributed by atoms with Crippen molar-refractivity contribution in [3.63, 3.8) is 0 Å². The average molecular weight is 277 g/mol. The molecule has 0 saturated carbocycles. The van der Waals surface area contributed by atoms with Gasteiger partial charge in [-0.15, -0.1) is 0 Å². The van der Waals surface area contributed by atoms with Gasteiger partial charge in [0, 0.05) is 12.5 Å². The first-order valence-electron chi connectivity index (χ1n) is 5.21. The number of carboxylic acid groups (broad SMARTS) is 1. The van der Waals surface area contributed by atoms with E-state index in [0.29, 0.717) is 22.4 Å². The predicted molar refractivity (Wildman–Crippen MR) is 68.9 cm³/mol. The highest BCUT2D eigenvalue weighted by Gasteiger charge is 2.11. The third-order valence-electron chi connectivity index (χ3n) is 2.32. The van der Waals surface area contributed by atoms with Crippen LogP contribution in [-0.4, -0.2) is 22.1 Å². The van der Waals surface area contributed by atoms with Crippen LogP contribution in [0.15, 0.2) is 6.07 Å². The summed E-state index contributed by atoms with van der Waals surface area (Å²) in [7, 11) is 0. The van der Waals surface area contributed by atoms with Crippen LogP contribution in [0, 0.1) is 6.92 Å². The van der Waals surface area contributed by atoms with Crippen molar-refractivity contribution in [2.24, 2.45) is 0 Å². The van der Waals surface area contributed by atoms with Gasteiger partial charge < -0.3 is 10.4 Å². The van der Waals surface area contributed by atoms with Gasteiger partial charge >= 0.3 is 5.97 Å². The van der Waals surface area contributed by atoms with Gasteiger partial charge in [0.05, 0.1) is 5.69 Å². The Bertz CT molecular complexity index is 401. The second-order valence-corrected chi connectivity index (χ2v) is 4.65. The zero-order valence-corrected chi connectivity index (χ0v) is 11.1. The van der Waals surface area contributed by atoms with Crippen LogP contribution in [0.4, 0.5) is 5.69 Å². The summed E-state index contributed by atoms with van der Waals surface area (Å²) in [6, 6.07) is 1.71. The lowest BCUT2D eigenvalue weighted by molar-refractivity contribution is -0.137. The fourth-order valence-electron chi connectivity index (χ4n) is 1.43. The maximum absolute atomic E-state index is 10.5. The molecule has 0 spiro atoms. The molecule has 1 aromatic rings. The number of anilines is 1. The van der Waals surface area contributed by atoms with E-state index in [-0.39, 0.29) is 12.5 Å². The highest BCUT2D eigenvalue weighted by molar-refractivity contribution is 6.34. The number of rotatable bonds is 5. The van der Waals surface area contributed by atoms with Gasteiger partial charge in [0.1, 0.15) is 5.15 Å². The van der Waals surface area contributed by atoms with Crippen molar-refractivity contribution in [2.45, 2.75) is 32.7 Å². The molecule has 0 amide bonds. The zero-order valence-electron chi connectivity index (χ0n) is 9.63. The lowest BCUT2D eigenvalue weighted by Crippen LogP contribution is -2.17. The summed E-state index contributed by atoms with van der Waals surface area (Å²) in [4.78, 5) is 14.4. The van der Waals surface area contributed by atoms with E-state index in [4.69, 9.17) is 28.3 Å². The lowest BCUT2D eigenvalue weighted by Gasteiger charge is -2.17. The number of hydrogen-bond acceptors (Lipinski definition) is 3. The van der Waals surface area contributed by atoms with Crippen molar-refractivity contribution in [3.8, 4) is 0 Å². The van der Waals surface area contributed by atoms with Crippen LogP contribution in [0.2, 0.25) is 10.3 Å². The van der Waals surface area contributed by atoms with Gasteiger partial charge in [-0.3, -0.25) is 4.79 Å². The molecular formula is C11H14Cl2N2O2. The Kier molecular flexibility index (Phi) is 5.02. The summed E-state index contributed by atoms with van der Waals surface area (Å²) in [6.07, 6.45) is 0.638. The standard InChI is InChI=1S/C11H14Cl2N2O2/c1-6-5-8(12)15-11(13)10(6)14-7(2)3-4-9(16)17/h5,7,14H,3-4H2,1-2H3,(H,16,17). The highest BCUT2D eigenvalue weighted by Crippen LogP contribution is 2.27. The molecule has 17 heavy (non-hydrogen) atoms.